The van der Waals surface area contributed by atoms with E-state index < -0.39 is 0 Å². The zero-order valence-electron chi connectivity index (χ0n) is 13.7. The average Bonchev–Trinajstić information content (AvgIpc) is 3.24. The lowest BCUT2D eigenvalue weighted by molar-refractivity contribution is 0.0622. The summed E-state index contributed by atoms with van der Waals surface area (Å²) in [4.78, 5) is 24.6. The van der Waals surface area contributed by atoms with Crippen molar-refractivity contribution in [1.82, 2.24) is 19.8 Å². The van der Waals surface area contributed by atoms with Gasteiger partial charge in [0.05, 0.1) is 11.2 Å². The molecule has 0 bridgehead atoms. The number of fused-ring (bicyclic) bond motifs is 1. The lowest BCUT2D eigenvalue weighted by Crippen LogP contribution is -2.48. The van der Waals surface area contributed by atoms with Crippen LogP contribution in [0, 0.1) is 6.92 Å². The molecule has 0 aliphatic carbocycles. The number of hydrogen-bond donors (Lipinski definition) is 1. The molecule has 0 spiro atoms. The molecule has 0 atom stereocenters. The van der Waals surface area contributed by atoms with Crippen molar-refractivity contribution in [1.29, 1.82) is 0 Å². The SMILES string of the molecule is Cc1ccc2cc(C(=O)N3CCN(Cc4cscn4)CC3)[nH]c2c1. The van der Waals surface area contributed by atoms with Crippen molar-refractivity contribution in [3.63, 3.8) is 0 Å². The Labute approximate surface area is 144 Å². The fourth-order valence-corrected chi connectivity index (χ4v) is 3.73. The fraction of sp³-hybridized carbons (Fsp3) is 0.333. The molecule has 5 nitrogen and oxygen atoms in total. The van der Waals surface area contributed by atoms with Crippen molar-refractivity contribution in [2.45, 2.75) is 13.5 Å². The number of aromatic amines is 1. The quantitative estimate of drug-likeness (QED) is 0.798. The summed E-state index contributed by atoms with van der Waals surface area (Å²) in [5.74, 6) is 0.0946. The number of carbonyl (C=O) groups is 1. The first-order valence-corrected chi connectivity index (χ1v) is 9.11. The maximum atomic E-state index is 12.7. The standard InChI is InChI=1S/C18H20N4OS/c1-13-2-3-14-9-17(20-16(14)8-13)18(23)22-6-4-21(5-7-22)10-15-11-24-12-19-15/h2-3,8-9,11-12,20H,4-7,10H2,1H3. The molecular formula is C18H20N4OS. The molecule has 3 heterocycles. The lowest BCUT2D eigenvalue weighted by Gasteiger charge is -2.34. The zero-order chi connectivity index (χ0) is 16.5. The molecule has 1 fully saturated rings. The molecule has 1 N–H and O–H groups in total. The van der Waals surface area contributed by atoms with E-state index in [9.17, 15) is 4.79 Å². The van der Waals surface area contributed by atoms with Gasteiger partial charge < -0.3 is 9.88 Å². The summed E-state index contributed by atoms with van der Waals surface area (Å²) < 4.78 is 0. The normalized spacial score (nSPS) is 16.0. The minimum absolute atomic E-state index is 0.0946. The molecule has 1 aliphatic rings. The Hall–Kier alpha value is -2.18. The fourth-order valence-electron chi connectivity index (χ4n) is 3.18. The topological polar surface area (TPSA) is 52.2 Å². The minimum atomic E-state index is 0.0946. The Kier molecular flexibility index (Phi) is 4.08. The maximum Gasteiger partial charge on any atom is 0.270 e. The number of hydrogen-bond acceptors (Lipinski definition) is 4. The van der Waals surface area contributed by atoms with Crippen LogP contribution >= 0.6 is 11.3 Å². The van der Waals surface area contributed by atoms with Gasteiger partial charge in [-0.3, -0.25) is 9.69 Å². The number of aromatic nitrogens is 2. The van der Waals surface area contributed by atoms with Gasteiger partial charge in [0.2, 0.25) is 0 Å². The van der Waals surface area contributed by atoms with E-state index in [0.717, 1.165) is 49.3 Å². The molecule has 0 unspecified atom stereocenters. The molecule has 1 aromatic carbocycles. The Balaban J connectivity index is 1.41. The summed E-state index contributed by atoms with van der Waals surface area (Å²) in [6.07, 6.45) is 0. The van der Waals surface area contributed by atoms with Gasteiger partial charge in [0.25, 0.3) is 5.91 Å². The van der Waals surface area contributed by atoms with Crippen molar-refractivity contribution in [3.8, 4) is 0 Å². The number of benzene rings is 1. The summed E-state index contributed by atoms with van der Waals surface area (Å²) in [6, 6.07) is 8.17. The van der Waals surface area contributed by atoms with Crippen LogP contribution in [0.15, 0.2) is 35.2 Å². The number of amides is 1. The van der Waals surface area contributed by atoms with Crippen LogP contribution in [0.3, 0.4) is 0 Å². The van der Waals surface area contributed by atoms with E-state index in [-0.39, 0.29) is 5.91 Å². The van der Waals surface area contributed by atoms with E-state index in [1.807, 2.05) is 16.5 Å². The highest BCUT2D eigenvalue weighted by Crippen LogP contribution is 2.19. The van der Waals surface area contributed by atoms with Crippen LogP contribution in [0.2, 0.25) is 0 Å². The number of nitrogens with one attached hydrogen (secondary N) is 1. The Bertz CT molecular complexity index is 847. The van der Waals surface area contributed by atoms with Crippen molar-refractivity contribution in [2.75, 3.05) is 26.2 Å². The monoisotopic (exact) mass is 340 g/mol. The third-order valence-electron chi connectivity index (χ3n) is 4.54. The second-order valence-electron chi connectivity index (χ2n) is 6.32. The first-order chi connectivity index (χ1) is 11.7. The van der Waals surface area contributed by atoms with E-state index in [1.54, 1.807) is 11.3 Å². The molecule has 4 rings (SSSR count). The van der Waals surface area contributed by atoms with Crippen LogP contribution in [0.1, 0.15) is 21.7 Å². The van der Waals surface area contributed by atoms with E-state index >= 15 is 0 Å². The number of nitrogens with zero attached hydrogens (tertiary/aromatic N) is 3. The van der Waals surface area contributed by atoms with E-state index in [0.29, 0.717) is 5.69 Å². The van der Waals surface area contributed by atoms with E-state index in [2.05, 4.69) is 45.4 Å². The van der Waals surface area contributed by atoms with Gasteiger partial charge >= 0.3 is 0 Å². The first kappa shape index (κ1) is 15.4. The summed E-state index contributed by atoms with van der Waals surface area (Å²) in [5, 5.41) is 3.18. The highest BCUT2D eigenvalue weighted by molar-refractivity contribution is 7.07. The number of H-pyrrole nitrogens is 1. The average molecular weight is 340 g/mol. The molecule has 3 aromatic rings. The van der Waals surface area contributed by atoms with Crippen LogP contribution in [0.5, 0.6) is 0 Å². The lowest BCUT2D eigenvalue weighted by atomic mass is 10.2. The molecule has 2 aromatic heterocycles. The molecule has 0 radical (unpaired) electrons. The van der Waals surface area contributed by atoms with Crippen molar-refractivity contribution >= 4 is 28.1 Å². The summed E-state index contributed by atoms with van der Waals surface area (Å²) in [5.41, 5.74) is 5.89. The molecule has 1 saturated heterocycles. The third kappa shape index (κ3) is 3.07. The van der Waals surface area contributed by atoms with Crippen molar-refractivity contribution < 1.29 is 4.79 Å². The number of carbonyl (C=O) groups excluding carboxylic acids is 1. The van der Waals surface area contributed by atoms with Crippen molar-refractivity contribution in [3.05, 3.63) is 52.1 Å². The van der Waals surface area contributed by atoms with Gasteiger partial charge in [-0.1, -0.05) is 12.1 Å². The largest absolute Gasteiger partial charge is 0.351 e. The number of piperazine rings is 1. The van der Waals surface area contributed by atoms with E-state index in [4.69, 9.17) is 0 Å². The second kappa shape index (κ2) is 6.37. The Morgan fingerprint density at radius 2 is 2.08 bits per heavy atom. The van der Waals surface area contributed by atoms with Gasteiger partial charge in [-0.25, -0.2) is 4.98 Å². The molecule has 1 amide bonds. The predicted molar refractivity (Wildman–Crippen MR) is 96.3 cm³/mol. The maximum absolute atomic E-state index is 12.7. The van der Waals surface area contributed by atoms with Crippen LogP contribution < -0.4 is 0 Å². The first-order valence-electron chi connectivity index (χ1n) is 8.17. The number of aryl methyl sites for hydroxylation is 1. The minimum Gasteiger partial charge on any atom is -0.351 e. The highest BCUT2D eigenvalue weighted by Gasteiger charge is 2.23. The molecule has 124 valence electrons. The molecule has 24 heavy (non-hydrogen) atoms. The second-order valence-corrected chi connectivity index (χ2v) is 7.04. The van der Waals surface area contributed by atoms with Gasteiger partial charge in [0.15, 0.2) is 0 Å². The summed E-state index contributed by atoms with van der Waals surface area (Å²) >= 11 is 1.63. The molecule has 0 saturated carbocycles. The highest BCUT2D eigenvalue weighted by atomic mass is 32.1. The van der Waals surface area contributed by atoms with Gasteiger partial charge in [0.1, 0.15) is 5.69 Å². The predicted octanol–water partition coefficient (Wildman–Crippen LogP) is 2.89. The number of rotatable bonds is 3. The molecule has 1 aliphatic heterocycles. The van der Waals surface area contributed by atoms with Crippen LogP contribution in [0.4, 0.5) is 0 Å². The van der Waals surface area contributed by atoms with E-state index in [1.165, 1.54) is 5.56 Å². The Morgan fingerprint density at radius 1 is 1.25 bits per heavy atom. The van der Waals surface area contributed by atoms with Gasteiger partial charge in [0, 0.05) is 49.0 Å². The van der Waals surface area contributed by atoms with Crippen molar-refractivity contribution in [2.24, 2.45) is 0 Å². The Morgan fingerprint density at radius 3 is 2.83 bits per heavy atom. The van der Waals surface area contributed by atoms with Gasteiger partial charge in [-0.2, -0.15) is 0 Å². The van der Waals surface area contributed by atoms with Crippen LogP contribution in [0.25, 0.3) is 10.9 Å². The van der Waals surface area contributed by atoms with Gasteiger partial charge in [-0.15, -0.1) is 11.3 Å². The number of thiazole rings is 1. The van der Waals surface area contributed by atoms with Gasteiger partial charge in [-0.05, 0) is 24.6 Å². The summed E-state index contributed by atoms with van der Waals surface area (Å²) in [7, 11) is 0. The zero-order valence-corrected chi connectivity index (χ0v) is 14.5. The van der Waals surface area contributed by atoms with Crippen LogP contribution in [-0.4, -0.2) is 51.9 Å². The molecular weight excluding hydrogens is 320 g/mol. The molecule has 6 heteroatoms. The van der Waals surface area contributed by atoms with Crippen LogP contribution in [-0.2, 0) is 6.54 Å². The smallest absolute Gasteiger partial charge is 0.270 e. The summed E-state index contributed by atoms with van der Waals surface area (Å²) in [6.45, 7) is 6.24. The third-order valence-corrected chi connectivity index (χ3v) is 5.17.